The van der Waals surface area contributed by atoms with Crippen LogP contribution in [0.2, 0.25) is 0 Å². The van der Waals surface area contributed by atoms with Crippen molar-refractivity contribution in [1.82, 2.24) is 9.62 Å². The molecular weight excluding hydrogens is 300 g/mol. The van der Waals surface area contributed by atoms with Gasteiger partial charge in [-0.3, -0.25) is 4.79 Å². The first-order valence-electron chi connectivity index (χ1n) is 7.47. The number of sulfonamides is 1. The lowest BCUT2D eigenvalue weighted by Crippen LogP contribution is -2.39. The molecule has 1 aromatic rings. The fraction of sp³-hybridized carbons (Fsp3) is 0.562. The summed E-state index contributed by atoms with van der Waals surface area (Å²) in [5.41, 5.74) is 3.38. The number of nitrogens with zero attached hydrogens (tertiary/aromatic N) is 1. The highest BCUT2D eigenvalue weighted by molar-refractivity contribution is 7.89. The summed E-state index contributed by atoms with van der Waals surface area (Å²) < 4.78 is 26.9. The maximum atomic E-state index is 12.9. The van der Waals surface area contributed by atoms with Crippen molar-refractivity contribution < 1.29 is 13.2 Å². The van der Waals surface area contributed by atoms with Crippen molar-refractivity contribution in [3.8, 4) is 0 Å². The number of hydrogen-bond donors (Lipinski definition) is 1. The fourth-order valence-corrected chi connectivity index (χ4v) is 4.21. The third-order valence-corrected chi connectivity index (χ3v) is 6.35. The summed E-state index contributed by atoms with van der Waals surface area (Å²) in [7, 11) is -2.23. The van der Waals surface area contributed by atoms with Crippen LogP contribution in [0, 0.1) is 27.7 Å². The monoisotopic (exact) mass is 324 g/mol. The van der Waals surface area contributed by atoms with Crippen LogP contribution in [0.3, 0.4) is 0 Å². The van der Waals surface area contributed by atoms with Gasteiger partial charge < -0.3 is 5.32 Å². The van der Waals surface area contributed by atoms with E-state index in [2.05, 4.69) is 5.32 Å². The van der Waals surface area contributed by atoms with Crippen molar-refractivity contribution in [2.75, 3.05) is 13.6 Å². The van der Waals surface area contributed by atoms with E-state index < -0.39 is 10.0 Å². The summed E-state index contributed by atoms with van der Waals surface area (Å²) in [6.45, 7) is 7.28. The molecule has 22 heavy (non-hydrogen) atoms. The molecule has 122 valence electrons. The number of rotatable bonds is 5. The maximum absolute atomic E-state index is 12.9. The minimum Gasteiger partial charge on any atom is -0.352 e. The zero-order chi connectivity index (χ0) is 16.7. The van der Waals surface area contributed by atoms with Gasteiger partial charge in [-0.2, -0.15) is 4.31 Å². The first-order valence-corrected chi connectivity index (χ1v) is 8.91. The van der Waals surface area contributed by atoms with E-state index >= 15 is 0 Å². The third kappa shape index (κ3) is 3.33. The van der Waals surface area contributed by atoms with E-state index in [0.29, 0.717) is 4.90 Å². The Kier molecular flexibility index (Phi) is 4.63. The van der Waals surface area contributed by atoms with Crippen molar-refractivity contribution in [2.24, 2.45) is 0 Å². The summed E-state index contributed by atoms with van der Waals surface area (Å²) in [5, 5.41) is 2.82. The zero-order valence-electron chi connectivity index (χ0n) is 13.9. The normalized spacial score (nSPS) is 15.2. The molecule has 0 bridgehead atoms. The van der Waals surface area contributed by atoms with E-state index in [4.69, 9.17) is 0 Å². The Morgan fingerprint density at radius 3 is 2.14 bits per heavy atom. The second-order valence-electron chi connectivity index (χ2n) is 6.19. The molecule has 1 N–H and O–H groups in total. The Morgan fingerprint density at radius 2 is 1.68 bits per heavy atom. The van der Waals surface area contributed by atoms with Crippen LogP contribution in [0.5, 0.6) is 0 Å². The average molecular weight is 324 g/mol. The lowest BCUT2D eigenvalue weighted by molar-refractivity contribution is -0.121. The van der Waals surface area contributed by atoms with Crippen LogP contribution in [-0.4, -0.2) is 38.3 Å². The minimum atomic E-state index is -3.68. The molecule has 5 nitrogen and oxygen atoms in total. The molecule has 2 rings (SSSR count). The van der Waals surface area contributed by atoms with Crippen LogP contribution >= 0.6 is 0 Å². The Labute approximate surface area is 132 Å². The smallest absolute Gasteiger partial charge is 0.243 e. The van der Waals surface area contributed by atoms with E-state index in [-0.39, 0.29) is 18.5 Å². The second-order valence-corrected chi connectivity index (χ2v) is 8.17. The summed E-state index contributed by atoms with van der Waals surface area (Å²) in [6.07, 6.45) is 1.97. The second kappa shape index (κ2) is 6.01. The SMILES string of the molecule is Cc1cc(C)c(C)c(S(=O)(=O)N(C)CC(=O)NC2CC2)c1C. The lowest BCUT2D eigenvalue weighted by Gasteiger charge is -2.21. The van der Waals surface area contributed by atoms with Gasteiger partial charge in [-0.15, -0.1) is 0 Å². The van der Waals surface area contributed by atoms with Crippen molar-refractivity contribution in [3.05, 3.63) is 28.3 Å². The number of amides is 1. The number of carbonyl (C=O) groups is 1. The standard InChI is InChI=1S/C16H24N2O3S/c1-10-8-11(2)13(4)16(12(10)3)22(20,21)18(5)9-15(19)17-14-6-7-14/h8,14H,6-7,9H2,1-5H3,(H,17,19). The number of likely N-dealkylation sites (N-methyl/N-ethyl adjacent to an activating group) is 1. The predicted molar refractivity (Wildman–Crippen MR) is 86.4 cm³/mol. The predicted octanol–water partition coefficient (Wildman–Crippen LogP) is 1.82. The molecule has 0 aliphatic heterocycles. The van der Waals surface area contributed by atoms with Crippen molar-refractivity contribution in [3.63, 3.8) is 0 Å². The molecule has 0 spiro atoms. The quantitative estimate of drug-likeness (QED) is 0.898. The highest BCUT2D eigenvalue weighted by Crippen LogP contribution is 2.28. The Bertz CT molecular complexity index is 680. The summed E-state index contributed by atoms with van der Waals surface area (Å²) in [4.78, 5) is 12.2. The molecule has 1 saturated carbocycles. The molecule has 0 radical (unpaired) electrons. The molecule has 6 heteroatoms. The van der Waals surface area contributed by atoms with E-state index in [1.54, 1.807) is 0 Å². The molecule has 0 aromatic heterocycles. The van der Waals surface area contributed by atoms with Gasteiger partial charge in [-0.05, 0) is 62.8 Å². The first-order chi connectivity index (χ1) is 10.1. The van der Waals surface area contributed by atoms with E-state index in [9.17, 15) is 13.2 Å². The van der Waals surface area contributed by atoms with Crippen LogP contribution in [0.4, 0.5) is 0 Å². The molecule has 0 unspecified atom stereocenters. The number of nitrogens with one attached hydrogen (secondary N) is 1. The Morgan fingerprint density at radius 1 is 1.18 bits per heavy atom. The molecule has 1 aromatic carbocycles. The zero-order valence-corrected chi connectivity index (χ0v) is 14.7. The Balaban J connectivity index is 2.31. The molecule has 1 amide bonds. The topological polar surface area (TPSA) is 66.5 Å². The summed E-state index contributed by atoms with van der Waals surface area (Å²) in [5.74, 6) is -0.242. The van der Waals surface area contributed by atoms with Gasteiger partial charge in [-0.1, -0.05) is 6.07 Å². The molecule has 1 aliphatic carbocycles. The highest BCUT2D eigenvalue weighted by Gasteiger charge is 2.29. The number of benzene rings is 1. The van der Waals surface area contributed by atoms with Crippen LogP contribution in [0.1, 0.15) is 35.1 Å². The largest absolute Gasteiger partial charge is 0.352 e. The van der Waals surface area contributed by atoms with Gasteiger partial charge in [-0.25, -0.2) is 8.42 Å². The van der Waals surface area contributed by atoms with Crippen LogP contribution < -0.4 is 5.32 Å². The van der Waals surface area contributed by atoms with Crippen LogP contribution in [-0.2, 0) is 14.8 Å². The van der Waals surface area contributed by atoms with Crippen LogP contribution in [0.25, 0.3) is 0 Å². The fourth-order valence-electron chi connectivity index (χ4n) is 2.51. The lowest BCUT2D eigenvalue weighted by atomic mass is 10.0. The molecule has 1 fully saturated rings. The van der Waals surface area contributed by atoms with E-state index in [0.717, 1.165) is 39.4 Å². The molecule has 0 atom stereocenters. The van der Waals surface area contributed by atoms with Crippen molar-refractivity contribution >= 4 is 15.9 Å². The average Bonchev–Trinajstić information content (AvgIpc) is 3.20. The maximum Gasteiger partial charge on any atom is 0.243 e. The minimum absolute atomic E-state index is 0.148. The number of carbonyl (C=O) groups excluding carboxylic acids is 1. The van der Waals surface area contributed by atoms with Gasteiger partial charge >= 0.3 is 0 Å². The van der Waals surface area contributed by atoms with Gasteiger partial charge in [0.1, 0.15) is 0 Å². The molecular formula is C16H24N2O3S. The van der Waals surface area contributed by atoms with Gasteiger partial charge in [0.05, 0.1) is 11.4 Å². The molecule has 0 saturated heterocycles. The van der Waals surface area contributed by atoms with Crippen molar-refractivity contribution in [2.45, 2.75) is 51.5 Å². The highest BCUT2D eigenvalue weighted by atomic mass is 32.2. The summed E-state index contributed by atoms with van der Waals surface area (Å²) in [6, 6.07) is 2.22. The summed E-state index contributed by atoms with van der Waals surface area (Å²) >= 11 is 0. The third-order valence-electron chi connectivity index (χ3n) is 4.27. The van der Waals surface area contributed by atoms with Gasteiger partial charge in [0.15, 0.2) is 0 Å². The molecule has 1 aliphatic rings. The van der Waals surface area contributed by atoms with Gasteiger partial charge in [0.25, 0.3) is 0 Å². The number of hydrogen-bond acceptors (Lipinski definition) is 3. The molecule has 0 heterocycles. The van der Waals surface area contributed by atoms with Gasteiger partial charge in [0, 0.05) is 13.1 Å². The first kappa shape index (κ1) is 17.0. The van der Waals surface area contributed by atoms with E-state index in [1.807, 2.05) is 33.8 Å². The Hall–Kier alpha value is -1.40. The number of aryl methyl sites for hydroxylation is 2. The van der Waals surface area contributed by atoms with E-state index in [1.165, 1.54) is 7.05 Å². The van der Waals surface area contributed by atoms with Gasteiger partial charge in [0.2, 0.25) is 15.9 Å². The van der Waals surface area contributed by atoms with Crippen molar-refractivity contribution in [1.29, 1.82) is 0 Å². The van der Waals surface area contributed by atoms with Crippen LogP contribution in [0.15, 0.2) is 11.0 Å².